The molecule has 0 aromatic rings. The Morgan fingerprint density at radius 3 is 2.38 bits per heavy atom. The number of hydrogen-bond acceptors (Lipinski definition) is 2. The Balaban J connectivity index is 2.52. The Morgan fingerprint density at radius 1 is 1.46 bits per heavy atom. The quantitative estimate of drug-likeness (QED) is 0.642. The maximum atomic E-state index is 11.1. The molecule has 0 saturated heterocycles. The molecule has 1 aliphatic carbocycles. The molecule has 72 valence electrons. The zero-order chi connectivity index (χ0) is 9.84. The van der Waals surface area contributed by atoms with Gasteiger partial charge < -0.3 is 0 Å². The highest BCUT2D eigenvalue weighted by atomic mass is 35.5. The lowest BCUT2D eigenvalue weighted by Gasteiger charge is -2.26. The lowest BCUT2D eigenvalue weighted by molar-refractivity contribution is -0.120. The fourth-order valence-corrected chi connectivity index (χ4v) is 2.19. The highest BCUT2D eigenvalue weighted by Crippen LogP contribution is 2.32. The van der Waals surface area contributed by atoms with E-state index in [1.54, 1.807) is 0 Å². The number of rotatable bonds is 2. The summed E-state index contributed by atoms with van der Waals surface area (Å²) >= 11 is 5.94. The second-order valence-electron chi connectivity index (χ2n) is 3.73. The summed E-state index contributed by atoms with van der Waals surface area (Å²) in [6.07, 6.45) is 3.73. The molecule has 0 bridgehead atoms. The maximum absolute atomic E-state index is 11.1. The summed E-state index contributed by atoms with van der Waals surface area (Å²) in [4.78, 5) is 11.1. The van der Waals surface area contributed by atoms with Crippen molar-refractivity contribution in [3.05, 3.63) is 0 Å². The highest BCUT2D eigenvalue weighted by Gasteiger charge is 2.29. The van der Waals surface area contributed by atoms with Gasteiger partial charge in [-0.15, -0.1) is 11.6 Å². The number of carbonyl (C=O) groups is 1. The largest absolute Gasteiger partial charge is 0.299 e. The number of hydrogen-bond donors (Lipinski definition) is 0. The van der Waals surface area contributed by atoms with Crippen LogP contribution in [0.15, 0.2) is 0 Å². The van der Waals surface area contributed by atoms with Gasteiger partial charge >= 0.3 is 0 Å². The summed E-state index contributed by atoms with van der Waals surface area (Å²) < 4.78 is 0. The molecule has 0 heterocycles. The molecule has 0 spiro atoms. The number of nitriles is 1. The minimum absolute atomic E-state index is 0.000484. The minimum Gasteiger partial charge on any atom is -0.299 e. The van der Waals surface area contributed by atoms with Gasteiger partial charge in [0.1, 0.15) is 11.7 Å². The molecular weight excluding hydrogens is 186 g/mol. The smallest absolute Gasteiger partial charge is 0.147 e. The van der Waals surface area contributed by atoms with Crippen LogP contribution in [0, 0.1) is 23.2 Å². The van der Waals surface area contributed by atoms with Crippen molar-refractivity contribution >= 4 is 17.4 Å². The molecule has 0 amide bonds. The van der Waals surface area contributed by atoms with Gasteiger partial charge in [-0.1, -0.05) is 0 Å². The highest BCUT2D eigenvalue weighted by molar-refractivity contribution is 6.20. The number of Topliss-reactive ketones (excluding diaryl/α,β-unsaturated/α-hetero) is 1. The van der Waals surface area contributed by atoms with E-state index >= 15 is 0 Å². The van der Waals surface area contributed by atoms with Crippen LogP contribution in [0.3, 0.4) is 0 Å². The molecule has 1 rings (SSSR count). The van der Waals surface area contributed by atoms with Crippen LogP contribution < -0.4 is 0 Å². The van der Waals surface area contributed by atoms with E-state index in [-0.39, 0.29) is 17.1 Å². The van der Waals surface area contributed by atoms with E-state index < -0.39 is 5.92 Å². The maximum Gasteiger partial charge on any atom is 0.147 e. The SMILES string of the molecule is CC(=O)C(C#N)C1CCC(Cl)CC1. The van der Waals surface area contributed by atoms with Gasteiger partial charge in [0, 0.05) is 5.38 Å². The van der Waals surface area contributed by atoms with Gasteiger partial charge in [0.2, 0.25) is 0 Å². The lowest BCUT2D eigenvalue weighted by Crippen LogP contribution is -2.25. The standard InChI is InChI=1S/C10H14ClNO/c1-7(13)10(6-12)8-2-4-9(11)5-3-8/h8-10H,2-5H2,1H3. The molecule has 0 aromatic carbocycles. The molecule has 13 heavy (non-hydrogen) atoms. The monoisotopic (exact) mass is 199 g/mol. The van der Waals surface area contributed by atoms with Gasteiger partial charge in [-0.2, -0.15) is 5.26 Å². The Labute approximate surface area is 83.9 Å². The third-order valence-corrected chi connectivity index (χ3v) is 3.19. The average Bonchev–Trinajstić information content (AvgIpc) is 2.09. The van der Waals surface area contributed by atoms with E-state index in [1.807, 2.05) is 0 Å². The predicted molar refractivity (Wildman–Crippen MR) is 51.4 cm³/mol. The first-order valence-electron chi connectivity index (χ1n) is 4.69. The molecule has 2 nitrogen and oxygen atoms in total. The van der Waals surface area contributed by atoms with Crippen molar-refractivity contribution in [2.75, 3.05) is 0 Å². The number of ketones is 1. The molecule has 0 N–H and O–H groups in total. The molecule has 1 fully saturated rings. The van der Waals surface area contributed by atoms with Crippen LogP contribution in [-0.2, 0) is 4.79 Å². The van der Waals surface area contributed by atoms with E-state index in [9.17, 15) is 4.79 Å². The van der Waals surface area contributed by atoms with E-state index in [0.717, 1.165) is 25.7 Å². The van der Waals surface area contributed by atoms with Gasteiger partial charge in [0.05, 0.1) is 6.07 Å². The molecule has 0 aromatic heterocycles. The molecule has 1 saturated carbocycles. The van der Waals surface area contributed by atoms with Gasteiger partial charge in [-0.05, 0) is 38.5 Å². The zero-order valence-electron chi connectivity index (χ0n) is 7.79. The van der Waals surface area contributed by atoms with Gasteiger partial charge in [0.25, 0.3) is 0 Å². The normalized spacial score (nSPS) is 30.5. The number of carbonyl (C=O) groups excluding carboxylic acids is 1. The second kappa shape index (κ2) is 4.62. The van der Waals surface area contributed by atoms with Crippen molar-refractivity contribution in [3.63, 3.8) is 0 Å². The molecule has 1 aliphatic rings. The van der Waals surface area contributed by atoms with Crippen molar-refractivity contribution in [1.29, 1.82) is 5.26 Å². The van der Waals surface area contributed by atoms with E-state index in [4.69, 9.17) is 16.9 Å². The summed E-state index contributed by atoms with van der Waals surface area (Å²) in [7, 11) is 0. The number of alkyl halides is 1. The third kappa shape index (κ3) is 2.70. The van der Waals surface area contributed by atoms with Gasteiger partial charge in [-0.25, -0.2) is 0 Å². The van der Waals surface area contributed by atoms with Crippen LogP contribution in [-0.4, -0.2) is 11.2 Å². The lowest BCUT2D eigenvalue weighted by atomic mass is 9.79. The number of nitrogens with zero attached hydrogens (tertiary/aromatic N) is 1. The minimum atomic E-state index is -0.399. The van der Waals surface area contributed by atoms with Crippen LogP contribution >= 0.6 is 11.6 Å². The van der Waals surface area contributed by atoms with Gasteiger partial charge in [0.15, 0.2) is 0 Å². The zero-order valence-corrected chi connectivity index (χ0v) is 8.55. The van der Waals surface area contributed by atoms with Crippen LogP contribution in [0.5, 0.6) is 0 Å². The first-order chi connectivity index (χ1) is 6.15. The van der Waals surface area contributed by atoms with Gasteiger partial charge in [-0.3, -0.25) is 4.79 Å². The Hall–Kier alpha value is -0.550. The first-order valence-corrected chi connectivity index (χ1v) is 5.13. The van der Waals surface area contributed by atoms with E-state index in [0.29, 0.717) is 0 Å². The van der Waals surface area contributed by atoms with E-state index in [2.05, 4.69) is 6.07 Å². The molecule has 3 heteroatoms. The van der Waals surface area contributed by atoms with Crippen molar-refractivity contribution in [2.45, 2.75) is 38.0 Å². The summed E-state index contributed by atoms with van der Waals surface area (Å²) in [6.45, 7) is 1.50. The fourth-order valence-electron chi connectivity index (χ4n) is 1.94. The Morgan fingerprint density at radius 2 is 2.00 bits per heavy atom. The topological polar surface area (TPSA) is 40.9 Å². The molecule has 1 unspecified atom stereocenters. The second-order valence-corrected chi connectivity index (χ2v) is 4.35. The Bertz CT molecular complexity index is 226. The van der Waals surface area contributed by atoms with Crippen molar-refractivity contribution < 1.29 is 4.79 Å². The van der Waals surface area contributed by atoms with Crippen LogP contribution in [0.25, 0.3) is 0 Å². The predicted octanol–water partition coefficient (Wildman–Crippen LogP) is 2.51. The van der Waals surface area contributed by atoms with Crippen LogP contribution in [0.1, 0.15) is 32.6 Å². The molecular formula is C10H14ClNO. The van der Waals surface area contributed by atoms with Crippen molar-refractivity contribution in [1.82, 2.24) is 0 Å². The first kappa shape index (κ1) is 10.5. The number of halogens is 1. The fraction of sp³-hybridized carbons (Fsp3) is 0.800. The summed E-state index contributed by atoms with van der Waals surface area (Å²) in [5.41, 5.74) is 0. The molecule has 0 aliphatic heterocycles. The molecule has 0 radical (unpaired) electrons. The van der Waals surface area contributed by atoms with Crippen molar-refractivity contribution in [3.8, 4) is 6.07 Å². The van der Waals surface area contributed by atoms with Crippen LogP contribution in [0.4, 0.5) is 0 Å². The van der Waals surface area contributed by atoms with Crippen molar-refractivity contribution in [2.24, 2.45) is 11.8 Å². The molecule has 1 atom stereocenters. The third-order valence-electron chi connectivity index (χ3n) is 2.75. The summed E-state index contributed by atoms with van der Waals surface area (Å²) in [5, 5.41) is 9.06. The van der Waals surface area contributed by atoms with E-state index in [1.165, 1.54) is 6.92 Å². The Kier molecular flexibility index (Phi) is 3.74. The average molecular weight is 200 g/mol. The summed E-state index contributed by atoms with van der Waals surface area (Å²) in [6, 6.07) is 2.09. The van der Waals surface area contributed by atoms with Crippen LogP contribution in [0.2, 0.25) is 0 Å². The summed E-state index contributed by atoms with van der Waals surface area (Å²) in [5.74, 6) is -0.151.